The quantitative estimate of drug-likeness (QED) is 0.523. The van der Waals surface area contributed by atoms with Crippen molar-refractivity contribution in [2.24, 2.45) is 4.99 Å². The molecule has 1 heterocycles. The Kier molecular flexibility index (Phi) is 11.1. The van der Waals surface area contributed by atoms with E-state index in [0.29, 0.717) is 21.4 Å². The van der Waals surface area contributed by atoms with E-state index in [1.807, 2.05) is 13.8 Å². The molecule has 0 radical (unpaired) electrons. The molecule has 26 heavy (non-hydrogen) atoms. The number of thiocarbonyl (C=S) groups is 2. The maximum absolute atomic E-state index is 12.9. The van der Waals surface area contributed by atoms with Crippen molar-refractivity contribution in [3.63, 3.8) is 0 Å². The lowest BCUT2D eigenvalue weighted by Crippen LogP contribution is -2.14. The molecular weight excluding hydrogens is 372 g/mol. The van der Waals surface area contributed by atoms with Crippen molar-refractivity contribution in [1.82, 2.24) is 5.32 Å². The highest BCUT2D eigenvalue weighted by molar-refractivity contribution is 7.82. The fraction of sp³-hybridized carbons (Fsp3) is 0.211. The fourth-order valence-corrected chi connectivity index (χ4v) is 2.25. The van der Waals surface area contributed by atoms with E-state index in [1.165, 1.54) is 24.3 Å². The van der Waals surface area contributed by atoms with E-state index >= 15 is 0 Å². The van der Waals surface area contributed by atoms with Gasteiger partial charge >= 0.3 is 0 Å². The van der Waals surface area contributed by atoms with Gasteiger partial charge < -0.3 is 10.6 Å². The van der Waals surface area contributed by atoms with Crippen LogP contribution >= 0.6 is 24.4 Å². The third kappa shape index (κ3) is 8.22. The lowest BCUT2D eigenvalue weighted by molar-refractivity contribution is 0.628. The van der Waals surface area contributed by atoms with Gasteiger partial charge in [0.2, 0.25) is 0 Å². The Labute approximate surface area is 164 Å². The van der Waals surface area contributed by atoms with E-state index in [9.17, 15) is 8.78 Å². The summed E-state index contributed by atoms with van der Waals surface area (Å²) < 4.78 is 24.9. The number of benzene rings is 1. The third-order valence-corrected chi connectivity index (χ3v) is 3.12. The minimum atomic E-state index is -0.505. The summed E-state index contributed by atoms with van der Waals surface area (Å²) in [6.45, 7) is 12.3. The highest BCUT2D eigenvalue weighted by Gasteiger charge is 2.21. The summed E-state index contributed by atoms with van der Waals surface area (Å²) in [5.41, 5.74) is 2.78. The Hall–Kier alpha value is -2.25. The molecule has 7 heteroatoms. The molecule has 0 bridgehead atoms. The normalized spacial score (nSPS) is 13.0. The molecule has 2 rings (SSSR count). The van der Waals surface area contributed by atoms with Crippen molar-refractivity contribution < 1.29 is 8.78 Å². The summed E-state index contributed by atoms with van der Waals surface area (Å²) in [7, 11) is 1.64. The largest absolute Gasteiger partial charge is 0.351 e. The fourth-order valence-electron chi connectivity index (χ4n) is 1.81. The predicted molar refractivity (Wildman–Crippen MR) is 116 cm³/mol. The molecule has 0 aliphatic carbocycles. The van der Waals surface area contributed by atoms with Crippen LogP contribution < -0.4 is 10.6 Å². The van der Waals surface area contributed by atoms with Gasteiger partial charge in [-0.25, -0.2) is 8.78 Å². The lowest BCUT2D eigenvalue weighted by atomic mass is 10.1. The van der Waals surface area contributed by atoms with Gasteiger partial charge in [-0.05, 0) is 37.3 Å². The number of aliphatic imine (C=N–C) groups is 1. The number of nitrogens with zero attached hydrogens (tertiary/aromatic N) is 1. The average molecular weight is 396 g/mol. The molecule has 0 saturated heterocycles. The molecule has 0 aromatic heterocycles. The monoisotopic (exact) mass is 395 g/mol. The van der Waals surface area contributed by atoms with Crippen LogP contribution in [0.5, 0.6) is 0 Å². The topological polar surface area (TPSA) is 36.4 Å². The summed E-state index contributed by atoms with van der Waals surface area (Å²) in [5.74, 6) is -0.777. The number of hydrogen-bond acceptors (Lipinski definition) is 3. The molecule has 1 aromatic rings. The van der Waals surface area contributed by atoms with Crippen molar-refractivity contribution in [1.29, 1.82) is 0 Å². The van der Waals surface area contributed by atoms with Gasteiger partial charge in [0.05, 0.1) is 4.99 Å². The molecule has 0 amide bonds. The van der Waals surface area contributed by atoms with Gasteiger partial charge in [-0.3, -0.25) is 4.99 Å². The summed E-state index contributed by atoms with van der Waals surface area (Å²) in [5, 5.41) is 5.70. The van der Waals surface area contributed by atoms with E-state index in [1.54, 1.807) is 20.0 Å². The number of fused-ring (bicyclic) bond motifs is 1. The van der Waals surface area contributed by atoms with Gasteiger partial charge in [0.1, 0.15) is 22.3 Å². The number of nitrogens with one attached hydrogen (secondary N) is 2. The molecule has 0 saturated carbocycles. The Morgan fingerprint density at radius 2 is 1.88 bits per heavy atom. The second kappa shape index (κ2) is 12.2. The molecule has 1 aromatic carbocycles. The maximum atomic E-state index is 12.9. The number of anilines is 1. The standard InChI is InChI=1S/C9H7FN2S.C8H10FNS.C2H6/c1-11-8-6-4-5(10)2-3-7(6)12-9(8)13;1-6(9)4-5-7(2)10-8(3)11;1-2/h2-4H,1H3,(H,11,12,13);4-5H,1-2H2,3H3,(H,10,11);1-2H3/b;5-4-;. The van der Waals surface area contributed by atoms with Crippen LogP contribution in [-0.4, -0.2) is 22.7 Å². The van der Waals surface area contributed by atoms with Crippen LogP contribution in [0.3, 0.4) is 0 Å². The van der Waals surface area contributed by atoms with Crippen LogP contribution in [0.25, 0.3) is 0 Å². The number of halogens is 2. The number of rotatable bonds is 3. The van der Waals surface area contributed by atoms with E-state index < -0.39 is 5.83 Å². The molecule has 0 atom stereocenters. The second-order valence-electron chi connectivity index (χ2n) is 4.70. The van der Waals surface area contributed by atoms with Crippen LogP contribution in [0, 0.1) is 5.82 Å². The van der Waals surface area contributed by atoms with Crippen LogP contribution in [0.2, 0.25) is 0 Å². The van der Waals surface area contributed by atoms with Gasteiger partial charge in [0, 0.05) is 24.0 Å². The minimum Gasteiger partial charge on any atom is -0.351 e. The number of hydrogen-bond donors (Lipinski definition) is 2. The average Bonchev–Trinajstić information content (AvgIpc) is 2.89. The van der Waals surface area contributed by atoms with Gasteiger partial charge in [-0.2, -0.15) is 0 Å². The van der Waals surface area contributed by atoms with Crippen molar-refractivity contribution in [3.05, 3.63) is 66.4 Å². The molecule has 2 N–H and O–H groups in total. The summed E-state index contributed by atoms with van der Waals surface area (Å²) in [6.07, 6.45) is 2.69. The van der Waals surface area contributed by atoms with Crippen molar-refractivity contribution >= 4 is 45.8 Å². The van der Waals surface area contributed by atoms with Gasteiger partial charge in [0.25, 0.3) is 0 Å². The van der Waals surface area contributed by atoms with Crippen LogP contribution in [0.4, 0.5) is 14.5 Å². The Bertz CT molecular complexity index is 753. The highest BCUT2D eigenvalue weighted by atomic mass is 32.1. The predicted octanol–water partition coefficient (Wildman–Crippen LogP) is 5.50. The second-order valence-corrected chi connectivity index (χ2v) is 5.72. The first-order valence-electron chi connectivity index (χ1n) is 7.81. The van der Waals surface area contributed by atoms with Gasteiger partial charge in [0.15, 0.2) is 0 Å². The van der Waals surface area contributed by atoms with Crippen molar-refractivity contribution in [2.45, 2.75) is 20.8 Å². The molecule has 1 aliphatic rings. The zero-order valence-corrected chi connectivity index (χ0v) is 17.0. The van der Waals surface area contributed by atoms with E-state index in [0.717, 1.165) is 11.3 Å². The number of allylic oxidation sites excluding steroid dienone is 3. The molecular formula is C19H23F2N3S2. The molecule has 0 unspecified atom stereocenters. The van der Waals surface area contributed by atoms with Crippen molar-refractivity contribution in [2.75, 3.05) is 12.4 Å². The SMILES string of the molecule is C=C(F)/C=C\C(=C)NC(C)=S.CC.CN=C1C(=S)Nc2ccc(F)cc21. The Morgan fingerprint density at radius 1 is 1.27 bits per heavy atom. The summed E-state index contributed by atoms with van der Waals surface area (Å²) in [6, 6.07) is 4.49. The lowest BCUT2D eigenvalue weighted by Gasteiger charge is -2.00. The van der Waals surface area contributed by atoms with Gasteiger partial charge in [-0.15, -0.1) is 0 Å². The molecule has 140 valence electrons. The zero-order valence-electron chi connectivity index (χ0n) is 15.3. The minimum absolute atomic E-state index is 0.272. The third-order valence-electron chi connectivity index (χ3n) is 2.73. The maximum Gasteiger partial charge on any atom is 0.129 e. The van der Waals surface area contributed by atoms with E-state index in [4.69, 9.17) is 24.4 Å². The Balaban J connectivity index is 0.000000446. The van der Waals surface area contributed by atoms with Gasteiger partial charge in [-0.1, -0.05) is 51.4 Å². The zero-order chi connectivity index (χ0) is 20.3. The molecule has 3 nitrogen and oxygen atoms in total. The molecule has 0 spiro atoms. The molecule has 0 fully saturated rings. The van der Waals surface area contributed by atoms with Crippen LogP contribution in [0.1, 0.15) is 26.3 Å². The van der Waals surface area contributed by atoms with E-state index in [2.05, 4.69) is 28.8 Å². The van der Waals surface area contributed by atoms with Crippen molar-refractivity contribution in [3.8, 4) is 0 Å². The first-order chi connectivity index (χ1) is 12.2. The van der Waals surface area contributed by atoms with Crippen LogP contribution in [0.15, 0.2) is 60.0 Å². The Morgan fingerprint density at radius 3 is 2.38 bits per heavy atom. The summed E-state index contributed by atoms with van der Waals surface area (Å²) in [4.78, 5) is 5.16. The molecule has 1 aliphatic heterocycles. The summed E-state index contributed by atoms with van der Waals surface area (Å²) >= 11 is 9.75. The highest BCUT2D eigenvalue weighted by Crippen LogP contribution is 2.24. The first kappa shape index (κ1) is 23.8. The van der Waals surface area contributed by atoms with Crippen LogP contribution in [-0.2, 0) is 0 Å². The smallest absolute Gasteiger partial charge is 0.129 e. The van der Waals surface area contributed by atoms with E-state index in [-0.39, 0.29) is 5.82 Å². The first-order valence-corrected chi connectivity index (χ1v) is 8.63.